The SMILES string of the molecule is CN(C)S(=O)(=O)c1ccc(N2CCCCC2)c(C(=O)Nc2ccc3c(c2)OCCO3)c1. The van der Waals surface area contributed by atoms with Crippen molar-refractivity contribution < 1.29 is 22.7 Å². The number of anilines is 2. The Labute approximate surface area is 182 Å². The molecule has 0 atom stereocenters. The Morgan fingerprint density at radius 1 is 0.968 bits per heavy atom. The third-order valence-electron chi connectivity index (χ3n) is 5.49. The average Bonchev–Trinajstić information content (AvgIpc) is 2.79. The highest BCUT2D eigenvalue weighted by molar-refractivity contribution is 7.89. The lowest BCUT2D eigenvalue weighted by Crippen LogP contribution is -2.32. The maximum atomic E-state index is 13.3. The summed E-state index contributed by atoms with van der Waals surface area (Å²) >= 11 is 0. The minimum absolute atomic E-state index is 0.0885. The third kappa shape index (κ3) is 4.47. The molecule has 4 rings (SSSR count). The van der Waals surface area contributed by atoms with Crippen LogP contribution >= 0.6 is 0 Å². The van der Waals surface area contributed by atoms with Crippen molar-refractivity contribution in [1.82, 2.24) is 4.31 Å². The monoisotopic (exact) mass is 445 g/mol. The number of nitrogens with zero attached hydrogens (tertiary/aromatic N) is 2. The van der Waals surface area contributed by atoms with Crippen LogP contribution in [0.15, 0.2) is 41.3 Å². The molecule has 1 saturated heterocycles. The van der Waals surface area contributed by atoms with Gasteiger partial charge in [-0.2, -0.15) is 0 Å². The number of amides is 1. The number of nitrogens with one attached hydrogen (secondary N) is 1. The molecule has 0 radical (unpaired) electrons. The lowest BCUT2D eigenvalue weighted by atomic mass is 10.1. The van der Waals surface area contributed by atoms with E-state index < -0.39 is 10.0 Å². The van der Waals surface area contributed by atoms with Crippen LogP contribution in [-0.2, 0) is 10.0 Å². The molecule has 0 spiro atoms. The highest BCUT2D eigenvalue weighted by Gasteiger charge is 2.24. The van der Waals surface area contributed by atoms with E-state index >= 15 is 0 Å². The maximum absolute atomic E-state index is 13.3. The van der Waals surface area contributed by atoms with Crippen LogP contribution in [-0.4, -0.2) is 59.0 Å². The summed E-state index contributed by atoms with van der Waals surface area (Å²) in [5.74, 6) is 0.842. The standard InChI is InChI=1S/C22H27N3O5S/c1-24(2)31(27,28)17-7-8-19(25-10-4-3-5-11-25)18(15-17)22(26)23-16-6-9-20-21(14-16)30-13-12-29-20/h6-9,14-15H,3-5,10-13H2,1-2H3,(H,23,26). The first-order valence-corrected chi connectivity index (χ1v) is 11.8. The van der Waals surface area contributed by atoms with Crippen LogP contribution in [0.25, 0.3) is 0 Å². The van der Waals surface area contributed by atoms with Gasteiger partial charge in [0, 0.05) is 44.6 Å². The Hall–Kier alpha value is -2.78. The lowest BCUT2D eigenvalue weighted by molar-refractivity contribution is 0.102. The summed E-state index contributed by atoms with van der Waals surface area (Å²) in [5, 5.41) is 2.89. The summed E-state index contributed by atoms with van der Waals surface area (Å²) in [6.07, 6.45) is 3.24. The number of rotatable bonds is 5. The summed E-state index contributed by atoms with van der Waals surface area (Å²) in [6, 6.07) is 9.98. The number of hydrogen-bond donors (Lipinski definition) is 1. The summed E-state index contributed by atoms with van der Waals surface area (Å²) in [6.45, 7) is 2.62. The number of benzene rings is 2. The van der Waals surface area contributed by atoms with Crippen LogP contribution in [0.2, 0.25) is 0 Å². The number of fused-ring (bicyclic) bond motifs is 1. The fraction of sp³-hybridized carbons (Fsp3) is 0.409. The molecule has 2 heterocycles. The first-order valence-electron chi connectivity index (χ1n) is 10.4. The van der Waals surface area contributed by atoms with Crippen molar-refractivity contribution >= 4 is 27.3 Å². The van der Waals surface area contributed by atoms with E-state index in [-0.39, 0.29) is 10.8 Å². The predicted octanol–water partition coefficient (Wildman–Crippen LogP) is 2.95. The quantitative estimate of drug-likeness (QED) is 0.761. The Kier molecular flexibility index (Phi) is 6.06. The predicted molar refractivity (Wildman–Crippen MR) is 119 cm³/mol. The summed E-state index contributed by atoms with van der Waals surface area (Å²) in [4.78, 5) is 15.5. The third-order valence-corrected chi connectivity index (χ3v) is 7.30. The van der Waals surface area contributed by atoms with Gasteiger partial charge in [0.05, 0.1) is 10.5 Å². The number of carbonyl (C=O) groups is 1. The van der Waals surface area contributed by atoms with Gasteiger partial charge in [-0.05, 0) is 49.6 Å². The van der Waals surface area contributed by atoms with Gasteiger partial charge < -0.3 is 19.7 Å². The molecule has 0 unspecified atom stereocenters. The largest absolute Gasteiger partial charge is 0.486 e. The number of piperidine rings is 1. The molecule has 166 valence electrons. The van der Waals surface area contributed by atoms with Gasteiger partial charge in [0.1, 0.15) is 13.2 Å². The van der Waals surface area contributed by atoms with E-state index in [1.165, 1.54) is 20.2 Å². The van der Waals surface area contributed by atoms with Gasteiger partial charge in [-0.25, -0.2) is 12.7 Å². The first kappa shape index (κ1) is 21.5. The molecule has 1 fully saturated rings. The summed E-state index contributed by atoms with van der Waals surface area (Å²) in [5.41, 5.74) is 1.63. The molecule has 8 nitrogen and oxygen atoms in total. The van der Waals surface area contributed by atoms with E-state index in [1.54, 1.807) is 30.3 Å². The van der Waals surface area contributed by atoms with E-state index in [0.717, 1.165) is 42.3 Å². The molecule has 31 heavy (non-hydrogen) atoms. The van der Waals surface area contributed by atoms with E-state index in [9.17, 15) is 13.2 Å². The molecule has 2 aromatic rings. The molecular formula is C22H27N3O5S. The van der Waals surface area contributed by atoms with Gasteiger partial charge in [0.2, 0.25) is 10.0 Å². The summed E-state index contributed by atoms with van der Waals surface area (Å²) in [7, 11) is -0.717. The highest BCUT2D eigenvalue weighted by atomic mass is 32.2. The molecule has 2 aromatic carbocycles. The smallest absolute Gasteiger partial charge is 0.257 e. The Bertz CT molecular complexity index is 1080. The molecule has 2 aliphatic heterocycles. The second-order valence-electron chi connectivity index (χ2n) is 7.83. The molecule has 0 aromatic heterocycles. The Morgan fingerprint density at radius 3 is 2.39 bits per heavy atom. The molecule has 2 aliphatic rings. The van der Waals surface area contributed by atoms with Crippen molar-refractivity contribution in [2.24, 2.45) is 0 Å². The number of hydrogen-bond acceptors (Lipinski definition) is 6. The Balaban J connectivity index is 1.69. The number of carbonyl (C=O) groups excluding carboxylic acids is 1. The van der Waals surface area contributed by atoms with Crippen molar-refractivity contribution in [1.29, 1.82) is 0 Å². The molecule has 0 bridgehead atoms. The van der Waals surface area contributed by atoms with Gasteiger partial charge in [-0.1, -0.05) is 0 Å². The molecule has 0 saturated carbocycles. The maximum Gasteiger partial charge on any atom is 0.257 e. The Morgan fingerprint density at radius 2 is 1.68 bits per heavy atom. The van der Waals surface area contributed by atoms with Gasteiger partial charge in [-0.15, -0.1) is 0 Å². The second-order valence-corrected chi connectivity index (χ2v) is 9.98. The van der Waals surface area contributed by atoms with Gasteiger partial charge in [-0.3, -0.25) is 4.79 Å². The fourth-order valence-corrected chi connectivity index (χ4v) is 4.73. The van der Waals surface area contributed by atoms with E-state index in [0.29, 0.717) is 36.0 Å². The zero-order valence-electron chi connectivity index (χ0n) is 17.8. The van der Waals surface area contributed by atoms with Gasteiger partial charge in [0.25, 0.3) is 5.91 Å². The van der Waals surface area contributed by atoms with Crippen LogP contribution < -0.4 is 19.7 Å². The van der Waals surface area contributed by atoms with Gasteiger partial charge >= 0.3 is 0 Å². The van der Waals surface area contributed by atoms with Crippen LogP contribution in [0.5, 0.6) is 11.5 Å². The topological polar surface area (TPSA) is 88.2 Å². The molecular weight excluding hydrogens is 418 g/mol. The first-order chi connectivity index (χ1) is 14.9. The van der Waals surface area contributed by atoms with Crippen LogP contribution in [0.4, 0.5) is 11.4 Å². The second kappa shape index (κ2) is 8.76. The molecule has 1 amide bonds. The fourth-order valence-electron chi connectivity index (χ4n) is 3.80. The minimum atomic E-state index is -3.67. The van der Waals surface area contributed by atoms with Crippen molar-refractivity contribution in [2.75, 3.05) is 50.6 Å². The van der Waals surface area contributed by atoms with Crippen LogP contribution in [0, 0.1) is 0 Å². The zero-order valence-corrected chi connectivity index (χ0v) is 18.6. The lowest BCUT2D eigenvalue weighted by Gasteiger charge is -2.30. The van der Waals surface area contributed by atoms with Crippen LogP contribution in [0.3, 0.4) is 0 Å². The zero-order chi connectivity index (χ0) is 22.0. The number of ether oxygens (including phenoxy) is 2. The average molecular weight is 446 g/mol. The summed E-state index contributed by atoms with van der Waals surface area (Å²) < 4.78 is 37.6. The molecule has 0 aliphatic carbocycles. The highest BCUT2D eigenvalue weighted by Crippen LogP contribution is 2.33. The molecule has 1 N–H and O–H groups in total. The van der Waals surface area contributed by atoms with Crippen molar-refractivity contribution in [2.45, 2.75) is 24.2 Å². The van der Waals surface area contributed by atoms with Crippen molar-refractivity contribution in [3.8, 4) is 11.5 Å². The van der Waals surface area contributed by atoms with Gasteiger partial charge in [0.15, 0.2) is 11.5 Å². The molecule has 9 heteroatoms. The number of sulfonamides is 1. The van der Waals surface area contributed by atoms with E-state index in [2.05, 4.69) is 10.2 Å². The van der Waals surface area contributed by atoms with Crippen molar-refractivity contribution in [3.05, 3.63) is 42.0 Å². The normalized spacial score (nSPS) is 16.3. The van der Waals surface area contributed by atoms with Crippen LogP contribution in [0.1, 0.15) is 29.6 Å². The van der Waals surface area contributed by atoms with E-state index in [1.807, 2.05) is 0 Å². The minimum Gasteiger partial charge on any atom is -0.486 e. The van der Waals surface area contributed by atoms with E-state index in [4.69, 9.17) is 9.47 Å². The van der Waals surface area contributed by atoms with Crippen molar-refractivity contribution in [3.63, 3.8) is 0 Å².